The van der Waals surface area contributed by atoms with Crippen LogP contribution in [-0.4, -0.2) is 17.3 Å². The third kappa shape index (κ3) is 2.88. The number of aromatic nitrogens is 1. The van der Waals surface area contributed by atoms with Crippen LogP contribution in [0.2, 0.25) is 0 Å². The monoisotopic (exact) mass is 412 g/mol. The summed E-state index contributed by atoms with van der Waals surface area (Å²) in [5.74, 6) is 0.604. The van der Waals surface area contributed by atoms with Crippen LogP contribution in [0.4, 0.5) is 0 Å². The van der Waals surface area contributed by atoms with Crippen molar-refractivity contribution in [3.05, 3.63) is 109 Å². The maximum atomic E-state index is 9.07. The fourth-order valence-corrected chi connectivity index (χ4v) is 4.69. The van der Waals surface area contributed by atoms with E-state index in [1.165, 1.54) is 21.9 Å². The lowest BCUT2D eigenvalue weighted by Gasteiger charge is -2.15. The Balaban J connectivity index is 1.69. The summed E-state index contributed by atoms with van der Waals surface area (Å²) in [6.07, 6.45) is 0. The van der Waals surface area contributed by atoms with Crippen molar-refractivity contribution in [2.45, 2.75) is 0 Å². The van der Waals surface area contributed by atoms with E-state index >= 15 is 0 Å². The molecule has 0 aliphatic carbocycles. The topological polar surface area (TPSA) is 34.4 Å². The minimum Gasteiger partial charge on any atom is -0.537 e. The molecule has 0 aliphatic heterocycles. The lowest BCUT2D eigenvalue weighted by molar-refractivity contribution is 0.454. The highest BCUT2D eigenvalue weighted by atomic mass is 16.5. The fourth-order valence-electron chi connectivity index (χ4n) is 4.69. The van der Waals surface area contributed by atoms with Crippen molar-refractivity contribution in [1.82, 2.24) is 4.57 Å². The molecular formula is C28H19BNO2. The molecular weight excluding hydrogens is 393 g/mol. The largest absolute Gasteiger partial charge is 0.569 e. The lowest BCUT2D eigenvalue weighted by atomic mass is 9.97. The highest BCUT2D eigenvalue weighted by Gasteiger charge is 2.16. The summed E-state index contributed by atoms with van der Waals surface area (Å²) in [6, 6.07) is 37.8. The van der Waals surface area contributed by atoms with Gasteiger partial charge in [-0.3, -0.25) is 0 Å². The van der Waals surface area contributed by atoms with E-state index < -0.39 is 0 Å². The van der Waals surface area contributed by atoms with Gasteiger partial charge in [-0.25, -0.2) is 0 Å². The minimum absolute atomic E-state index is 0.604. The maximum absolute atomic E-state index is 9.07. The molecule has 5 aromatic carbocycles. The van der Waals surface area contributed by atoms with Crippen LogP contribution in [0, 0.1) is 0 Å². The van der Waals surface area contributed by atoms with Crippen molar-refractivity contribution in [1.29, 1.82) is 0 Å². The van der Waals surface area contributed by atoms with E-state index in [0.29, 0.717) is 5.75 Å². The molecule has 0 atom stereocenters. The molecule has 151 valence electrons. The van der Waals surface area contributed by atoms with Crippen LogP contribution in [0.15, 0.2) is 109 Å². The van der Waals surface area contributed by atoms with E-state index in [2.05, 4.69) is 89.5 Å². The summed E-state index contributed by atoms with van der Waals surface area (Å²) >= 11 is 0. The van der Waals surface area contributed by atoms with E-state index in [9.17, 15) is 0 Å². The van der Waals surface area contributed by atoms with Crippen LogP contribution >= 0.6 is 0 Å². The molecule has 0 fully saturated rings. The highest BCUT2D eigenvalue weighted by Crippen LogP contribution is 2.38. The van der Waals surface area contributed by atoms with Crippen LogP contribution in [0.1, 0.15) is 0 Å². The Bertz CT molecular complexity index is 1590. The van der Waals surface area contributed by atoms with Gasteiger partial charge in [0.25, 0.3) is 0 Å². The zero-order chi connectivity index (χ0) is 21.5. The summed E-state index contributed by atoms with van der Waals surface area (Å²) in [6.45, 7) is 0. The van der Waals surface area contributed by atoms with Crippen LogP contribution in [0.3, 0.4) is 0 Å². The standard InChI is InChI=1S/C28H19BNO2/c31-29-32-20-14-16-28-25(18-20)24-12-6-7-13-26(24)30(28)27-17-15-21(19-8-2-1-3-9-19)22-10-4-5-11-23(22)27/h1-18,31H. The fraction of sp³-hybridized carbons (Fsp3) is 0. The minimum atomic E-state index is 0.604. The smallest absolute Gasteiger partial charge is 0.537 e. The van der Waals surface area contributed by atoms with Gasteiger partial charge < -0.3 is 14.2 Å². The zero-order valence-corrected chi connectivity index (χ0v) is 17.3. The van der Waals surface area contributed by atoms with Gasteiger partial charge in [-0.15, -0.1) is 0 Å². The molecule has 1 N–H and O–H groups in total. The predicted octanol–water partition coefficient (Wildman–Crippen LogP) is 6.51. The molecule has 1 heterocycles. The second-order valence-corrected chi connectivity index (χ2v) is 7.80. The van der Waals surface area contributed by atoms with Crippen LogP contribution in [0.25, 0.3) is 49.4 Å². The average molecular weight is 412 g/mol. The Morgan fingerprint density at radius 1 is 0.594 bits per heavy atom. The van der Waals surface area contributed by atoms with E-state index in [-0.39, 0.29) is 0 Å². The molecule has 1 radical (unpaired) electrons. The average Bonchev–Trinajstić information content (AvgIpc) is 3.18. The quantitative estimate of drug-likeness (QED) is 0.335. The lowest BCUT2D eigenvalue weighted by Crippen LogP contribution is -1.99. The number of fused-ring (bicyclic) bond motifs is 4. The Hall–Kier alpha value is -4.02. The van der Waals surface area contributed by atoms with Crippen molar-refractivity contribution in [2.75, 3.05) is 0 Å². The molecule has 0 saturated heterocycles. The molecule has 0 unspecified atom stereocenters. The van der Waals surface area contributed by atoms with E-state index in [4.69, 9.17) is 9.68 Å². The van der Waals surface area contributed by atoms with E-state index in [0.717, 1.165) is 35.2 Å². The first kappa shape index (κ1) is 18.7. The number of hydrogen-bond acceptors (Lipinski definition) is 2. The summed E-state index contributed by atoms with van der Waals surface area (Å²) in [7, 11) is 0.718. The number of nitrogens with zero attached hydrogens (tertiary/aromatic N) is 1. The molecule has 6 rings (SSSR count). The van der Waals surface area contributed by atoms with Gasteiger partial charge in [-0.1, -0.05) is 78.9 Å². The van der Waals surface area contributed by atoms with Crippen molar-refractivity contribution < 1.29 is 9.68 Å². The van der Waals surface area contributed by atoms with Gasteiger partial charge >= 0.3 is 7.69 Å². The van der Waals surface area contributed by atoms with E-state index in [1.807, 2.05) is 24.3 Å². The highest BCUT2D eigenvalue weighted by molar-refractivity contribution is 6.18. The molecule has 0 aliphatic rings. The van der Waals surface area contributed by atoms with Crippen LogP contribution < -0.4 is 4.65 Å². The van der Waals surface area contributed by atoms with Gasteiger partial charge in [0.2, 0.25) is 0 Å². The molecule has 0 saturated carbocycles. The summed E-state index contributed by atoms with van der Waals surface area (Å²) in [4.78, 5) is 0. The molecule has 6 aromatic rings. The number of benzene rings is 5. The van der Waals surface area contributed by atoms with Crippen molar-refractivity contribution in [2.24, 2.45) is 0 Å². The summed E-state index contributed by atoms with van der Waals surface area (Å²) in [5, 5.41) is 13.7. The van der Waals surface area contributed by atoms with Gasteiger partial charge in [0.1, 0.15) is 5.75 Å². The molecule has 0 bridgehead atoms. The number of para-hydroxylation sites is 1. The molecule has 1 aromatic heterocycles. The first-order valence-electron chi connectivity index (χ1n) is 10.6. The molecule has 0 spiro atoms. The van der Waals surface area contributed by atoms with Crippen LogP contribution in [-0.2, 0) is 0 Å². The Morgan fingerprint density at radius 3 is 2.09 bits per heavy atom. The van der Waals surface area contributed by atoms with Gasteiger partial charge in [0.05, 0.1) is 16.7 Å². The SMILES string of the molecule is O[B]Oc1ccc2c(c1)c1ccccc1n2-c1ccc(-c2ccccc2)c2ccccc12. The molecule has 0 amide bonds. The maximum Gasteiger partial charge on any atom is 0.569 e. The zero-order valence-electron chi connectivity index (χ0n) is 17.3. The second kappa shape index (κ2) is 7.59. The summed E-state index contributed by atoms with van der Waals surface area (Å²) < 4.78 is 7.55. The first-order chi connectivity index (χ1) is 15.8. The normalized spacial score (nSPS) is 11.3. The van der Waals surface area contributed by atoms with Crippen molar-refractivity contribution >= 4 is 40.3 Å². The molecule has 32 heavy (non-hydrogen) atoms. The van der Waals surface area contributed by atoms with Gasteiger partial charge in [0.15, 0.2) is 0 Å². The van der Waals surface area contributed by atoms with Crippen molar-refractivity contribution in [3.8, 4) is 22.6 Å². The number of hydrogen-bond donors (Lipinski definition) is 1. The van der Waals surface area contributed by atoms with Gasteiger partial charge in [-0.2, -0.15) is 0 Å². The predicted molar refractivity (Wildman–Crippen MR) is 132 cm³/mol. The van der Waals surface area contributed by atoms with Gasteiger partial charge in [-0.05, 0) is 46.8 Å². The molecule has 3 nitrogen and oxygen atoms in total. The molecule has 4 heteroatoms. The number of rotatable bonds is 4. The first-order valence-corrected chi connectivity index (χ1v) is 10.6. The third-order valence-corrected chi connectivity index (χ3v) is 6.06. The van der Waals surface area contributed by atoms with Crippen molar-refractivity contribution in [3.63, 3.8) is 0 Å². The summed E-state index contributed by atoms with van der Waals surface area (Å²) in [5.41, 5.74) is 5.78. The van der Waals surface area contributed by atoms with Gasteiger partial charge in [0, 0.05) is 16.2 Å². The van der Waals surface area contributed by atoms with E-state index in [1.54, 1.807) is 0 Å². The second-order valence-electron chi connectivity index (χ2n) is 7.80. The Morgan fingerprint density at radius 2 is 1.28 bits per heavy atom. The Kier molecular flexibility index (Phi) is 4.44. The van der Waals surface area contributed by atoms with Crippen LogP contribution in [0.5, 0.6) is 5.75 Å². The Labute approximate surface area is 186 Å². The third-order valence-electron chi connectivity index (χ3n) is 6.06.